The fourth-order valence-corrected chi connectivity index (χ4v) is 1.09. The SMILES string of the molecule is O=C(NCc1cccnc1)c1cn[nH]n1. The Balaban J connectivity index is 1.92. The van der Waals surface area contributed by atoms with Gasteiger partial charge >= 0.3 is 0 Å². The number of aromatic amines is 1. The molecule has 2 heterocycles. The van der Waals surface area contributed by atoms with Crippen LogP contribution in [0, 0.1) is 0 Å². The fraction of sp³-hybridized carbons (Fsp3) is 0.111. The third-order valence-corrected chi connectivity index (χ3v) is 1.82. The number of pyridine rings is 1. The average Bonchev–Trinajstić information content (AvgIpc) is 2.81. The van der Waals surface area contributed by atoms with E-state index in [9.17, 15) is 4.79 Å². The predicted octanol–water partition coefficient (Wildman–Crippen LogP) is 0.130. The molecule has 0 radical (unpaired) electrons. The minimum absolute atomic E-state index is 0.257. The van der Waals surface area contributed by atoms with Crippen LogP contribution in [0.15, 0.2) is 30.7 Å². The van der Waals surface area contributed by atoms with Gasteiger partial charge in [-0.25, -0.2) is 0 Å². The summed E-state index contributed by atoms with van der Waals surface area (Å²) >= 11 is 0. The van der Waals surface area contributed by atoms with Crippen molar-refractivity contribution < 1.29 is 4.79 Å². The van der Waals surface area contributed by atoms with Gasteiger partial charge in [0, 0.05) is 18.9 Å². The second kappa shape index (κ2) is 4.32. The Morgan fingerprint density at radius 2 is 2.40 bits per heavy atom. The molecule has 0 saturated carbocycles. The Bertz CT molecular complexity index is 425. The van der Waals surface area contributed by atoms with E-state index in [1.54, 1.807) is 12.4 Å². The van der Waals surface area contributed by atoms with Crippen LogP contribution in [0.4, 0.5) is 0 Å². The van der Waals surface area contributed by atoms with Crippen molar-refractivity contribution in [3.05, 3.63) is 42.0 Å². The van der Waals surface area contributed by atoms with Crippen molar-refractivity contribution in [1.82, 2.24) is 25.7 Å². The molecule has 2 rings (SSSR count). The number of hydrogen-bond donors (Lipinski definition) is 2. The molecular weight excluding hydrogens is 194 g/mol. The summed E-state index contributed by atoms with van der Waals surface area (Å²) in [5, 5.41) is 12.3. The summed E-state index contributed by atoms with van der Waals surface area (Å²) in [6.07, 6.45) is 4.75. The molecule has 0 aliphatic heterocycles. The minimum Gasteiger partial charge on any atom is -0.346 e. The molecular formula is C9H9N5O. The molecule has 0 saturated heterocycles. The van der Waals surface area contributed by atoms with Crippen molar-refractivity contribution in [2.24, 2.45) is 0 Å². The van der Waals surface area contributed by atoms with Crippen molar-refractivity contribution in [1.29, 1.82) is 0 Å². The summed E-state index contributed by atoms with van der Waals surface area (Å²) in [5.41, 5.74) is 1.22. The molecule has 0 bridgehead atoms. The number of carbonyl (C=O) groups excluding carboxylic acids is 1. The molecule has 0 aliphatic carbocycles. The maximum Gasteiger partial charge on any atom is 0.273 e. The van der Waals surface area contributed by atoms with E-state index in [1.165, 1.54) is 6.20 Å². The highest BCUT2D eigenvalue weighted by Gasteiger charge is 2.07. The van der Waals surface area contributed by atoms with Crippen molar-refractivity contribution in [2.45, 2.75) is 6.54 Å². The van der Waals surface area contributed by atoms with Crippen molar-refractivity contribution in [3.63, 3.8) is 0 Å². The molecule has 6 nitrogen and oxygen atoms in total. The third-order valence-electron chi connectivity index (χ3n) is 1.82. The number of nitrogens with zero attached hydrogens (tertiary/aromatic N) is 3. The largest absolute Gasteiger partial charge is 0.346 e. The molecule has 0 atom stereocenters. The Morgan fingerprint density at radius 1 is 1.47 bits per heavy atom. The van der Waals surface area contributed by atoms with Gasteiger partial charge in [-0.05, 0) is 11.6 Å². The molecule has 0 fully saturated rings. The summed E-state index contributed by atoms with van der Waals surface area (Å²) in [6, 6.07) is 3.70. The fourth-order valence-electron chi connectivity index (χ4n) is 1.09. The van der Waals surface area contributed by atoms with Crippen LogP contribution in [0.1, 0.15) is 16.1 Å². The molecule has 76 valence electrons. The lowest BCUT2D eigenvalue weighted by Crippen LogP contribution is -2.23. The molecule has 0 unspecified atom stereocenters. The van der Waals surface area contributed by atoms with Gasteiger partial charge in [0.25, 0.3) is 5.91 Å². The monoisotopic (exact) mass is 203 g/mol. The summed E-state index contributed by atoms with van der Waals surface area (Å²) < 4.78 is 0. The molecule has 6 heteroatoms. The number of amides is 1. The van der Waals surface area contributed by atoms with Gasteiger partial charge < -0.3 is 5.32 Å². The molecule has 2 N–H and O–H groups in total. The molecule has 15 heavy (non-hydrogen) atoms. The molecule has 2 aromatic rings. The summed E-state index contributed by atoms with van der Waals surface area (Å²) in [5.74, 6) is -0.257. The number of nitrogens with one attached hydrogen (secondary N) is 2. The van der Waals surface area contributed by atoms with E-state index in [2.05, 4.69) is 25.7 Å². The van der Waals surface area contributed by atoms with E-state index >= 15 is 0 Å². The van der Waals surface area contributed by atoms with Crippen LogP contribution in [0.2, 0.25) is 0 Å². The first kappa shape index (κ1) is 9.32. The standard InChI is InChI=1S/C9H9N5O/c15-9(8-6-12-14-13-8)11-5-7-2-1-3-10-4-7/h1-4,6H,5H2,(H,11,15)(H,12,13,14). The van der Waals surface area contributed by atoms with Crippen LogP contribution in [-0.4, -0.2) is 26.3 Å². The second-order valence-electron chi connectivity index (χ2n) is 2.90. The normalized spacial score (nSPS) is 9.87. The lowest BCUT2D eigenvalue weighted by atomic mass is 10.3. The lowest BCUT2D eigenvalue weighted by Gasteiger charge is -2.01. The zero-order chi connectivity index (χ0) is 10.5. The Kier molecular flexibility index (Phi) is 2.68. The second-order valence-corrected chi connectivity index (χ2v) is 2.90. The molecule has 0 aromatic carbocycles. The first-order valence-electron chi connectivity index (χ1n) is 4.39. The van der Waals surface area contributed by atoms with Gasteiger partial charge in [0.2, 0.25) is 0 Å². The van der Waals surface area contributed by atoms with Gasteiger partial charge in [0.05, 0.1) is 6.20 Å². The van der Waals surface area contributed by atoms with Crippen LogP contribution < -0.4 is 5.32 Å². The number of rotatable bonds is 3. The summed E-state index contributed by atoms with van der Waals surface area (Å²) in [4.78, 5) is 15.4. The van der Waals surface area contributed by atoms with Gasteiger partial charge in [-0.1, -0.05) is 6.07 Å². The maximum atomic E-state index is 11.4. The highest BCUT2D eigenvalue weighted by Crippen LogP contribution is 1.95. The van der Waals surface area contributed by atoms with Gasteiger partial charge in [-0.2, -0.15) is 15.4 Å². The quantitative estimate of drug-likeness (QED) is 0.742. The van der Waals surface area contributed by atoms with E-state index in [-0.39, 0.29) is 11.6 Å². The molecule has 0 aliphatic rings. The van der Waals surface area contributed by atoms with Gasteiger partial charge in [-0.15, -0.1) is 0 Å². The lowest BCUT2D eigenvalue weighted by molar-refractivity contribution is 0.0946. The van der Waals surface area contributed by atoms with E-state index in [0.717, 1.165) is 5.56 Å². The van der Waals surface area contributed by atoms with E-state index in [4.69, 9.17) is 0 Å². The van der Waals surface area contributed by atoms with Crippen molar-refractivity contribution in [3.8, 4) is 0 Å². The highest BCUT2D eigenvalue weighted by molar-refractivity contribution is 5.91. The number of hydrogen-bond acceptors (Lipinski definition) is 4. The topological polar surface area (TPSA) is 83.6 Å². The molecule has 1 amide bonds. The maximum absolute atomic E-state index is 11.4. The Morgan fingerprint density at radius 3 is 3.07 bits per heavy atom. The van der Waals surface area contributed by atoms with Gasteiger partial charge in [0.15, 0.2) is 5.69 Å². The Labute approximate surface area is 85.7 Å². The van der Waals surface area contributed by atoms with E-state index < -0.39 is 0 Å². The van der Waals surface area contributed by atoms with E-state index in [0.29, 0.717) is 6.54 Å². The molecule has 0 spiro atoms. The van der Waals surface area contributed by atoms with E-state index in [1.807, 2.05) is 12.1 Å². The van der Waals surface area contributed by atoms with Crippen LogP contribution in [0.3, 0.4) is 0 Å². The van der Waals surface area contributed by atoms with Crippen LogP contribution in [0.5, 0.6) is 0 Å². The smallest absolute Gasteiger partial charge is 0.273 e. The summed E-state index contributed by atoms with van der Waals surface area (Å²) in [7, 11) is 0. The third kappa shape index (κ3) is 2.37. The van der Waals surface area contributed by atoms with Crippen molar-refractivity contribution >= 4 is 5.91 Å². The zero-order valence-corrected chi connectivity index (χ0v) is 7.84. The molecule has 2 aromatic heterocycles. The summed E-state index contributed by atoms with van der Waals surface area (Å²) in [6.45, 7) is 0.430. The number of aromatic nitrogens is 4. The zero-order valence-electron chi connectivity index (χ0n) is 7.84. The number of carbonyl (C=O) groups is 1. The minimum atomic E-state index is -0.257. The van der Waals surface area contributed by atoms with Crippen LogP contribution in [-0.2, 0) is 6.54 Å². The number of H-pyrrole nitrogens is 1. The average molecular weight is 203 g/mol. The first-order chi connectivity index (χ1) is 7.36. The highest BCUT2D eigenvalue weighted by atomic mass is 16.1. The van der Waals surface area contributed by atoms with Gasteiger partial charge in [-0.3, -0.25) is 9.78 Å². The van der Waals surface area contributed by atoms with Gasteiger partial charge in [0.1, 0.15) is 0 Å². The first-order valence-corrected chi connectivity index (χ1v) is 4.39. The Hall–Kier alpha value is -2.24. The van der Waals surface area contributed by atoms with Crippen LogP contribution in [0.25, 0.3) is 0 Å². The van der Waals surface area contributed by atoms with Crippen molar-refractivity contribution in [2.75, 3.05) is 0 Å². The van der Waals surface area contributed by atoms with Crippen LogP contribution >= 0.6 is 0 Å². The predicted molar refractivity (Wildman–Crippen MR) is 51.8 cm³/mol.